The molecule has 0 spiro atoms. The molecule has 1 aliphatic rings. The Balaban J connectivity index is -0.000000300. The Hall–Kier alpha value is 0.0743. The molecule has 26 heavy (non-hydrogen) atoms. The van der Waals surface area contributed by atoms with E-state index in [1.165, 1.54) is 6.42 Å². The molecule has 3 nitrogen and oxygen atoms in total. The van der Waals surface area contributed by atoms with Crippen molar-refractivity contribution in [1.29, 1.82) is 0 Å². The van der Waals surface area contributed by atoms with Crippen LogP contribution in [-0.2, 0) is 14.0 Å². The van der Waals surface area contributed by atoms with Gasteiger partial charge >= 0.3 is 68.7 Å². The molecule has 0 fully saturated rings. The van der Waals surface area contributed by atoms with Crippen LogP contribution in [0.25, 0.3) is 0 Å². The van der Waals surface area contributed by atoms with Gasteiger partial charge in [0.15, 0.2) is 0 Å². The van der Waals surface area contributed by atoms with Gasteiger partial charge in [0.25, 0.3) is 0 Å². The van der Waals surface area contributed by atoms with E-state index in [1.54, 1.807) is 66.2 Å². The number of hydrogen-bond donors (Lipinski definition) is 3. The third-order valence-electron chi connectivity index (χ3n) is 2.38. The maximum atomic E-state index is 8.52. The average molecular weight is 411 g/mol. The molecular formula is C22H50O3Ti. The van der Waals surface area contributed by atoms with Gasteiger partial charge in [0.2, 0.25) is 0 Å². The Bertz CT molecular complexity index is 412. The summed E-state index contributed by atoms with van der Waals surface area (Å²) < 4.78 is 1.70. The molecule has 1 aliphatic carbocycles. The van der Waals surface area contributed by atoms with E-state index in [9.17, 15) is 0 Å². The van der Waals surface area contributed by atoms with Gasteiger partial charge in [-0.2, -0.15) is 0 Å². The van der Waals surface area contributed by atoms with Crippen molar-refractivity contribution in [2.24, 2.45) is 0 Å². The summed E-state index contributed by atoms with van der Waals surface area (Å²) in [6.45, 7) is 15.7. The van der Waals surface area contributed by atoms with Crippen molar-refractivity contribution in [3.8, 4) is 0 Å². The molecule has 1 rings (SSSR count). The van der Waals surface area contributed by atoms with Crippen molar-refractivity contribution in [3.05, 3.63) is 22.1 Å². The molecule has 0 saturated carbocycles. The Morgan fingerprint density at radius 2 is 0.885 bits per heavy atom. The van der Waals surface area contributed by atoms with Crippen LogP contribution in [0.3, 0.4) is 0 Å². The van der Waals surface area contributed by atoms with Gasteiger partial charge in [-0.05, 0) is 62.3 Å². The second kappa shape index (κ2) is 9.05. The summed E-state index contributed by atoms with van der Waals surface area (Å²) in [5.41, 5.74) is -1.50. The summed E-state index contributed by atoms with van der Waals surface area (Å²) in [5.74, 6) is 0. The van der Waals surface area contributed by atoms with Gasteiger partial charge in [0, 0.05) is 0 Å². The SMILES string of the molecule is CC(C)(C)O.CC(C)(C)O.CC(C)(C)O.[CH3][Ti]([CH3])([CH3])([CH3])([CH3])[C]1=CC=CC1. The third kappa shape index (κ3) is 44.0. The standard InChI is InChI=1S/C5H5.3C4H10O.5CH3.Ti/c1-2-4-5-3-1;3*1-4(2,3)5;;;;;;/h1-3H,4H2;3*5H,1-3H3;5*1H3;. The van der Waals surface area contributed by atoms with Crippen molar-refractivity contribution in [3.63, 3.8) is 0 Å². The summed E-state index contributed by atoms with van der Waals surface area (Å²) in [7, 11) is 0. The van der Waals surface area contributed by atoms with Gasteiger partial charge in [-0.15, -0.1) is 0 Å². The van der Waals surface area contributed by atoms with E-state index in [-0.39, 0.29) is 0 Å². The fourth-order valence-corrected chi connectivity index (χ4v) is 4.60. The van der Waals surface area contributed by atoms with Crippen LogP contribution in [0.15, 0.2) is 22.1 Å². The van der Waals surface area contributed by atoms with Crippen LogP contribution in [-0.4, -0.2) is 32.1 Å². The molecular weight excluding hydrogens is 360 g/mol. The first kappa shape index (κ1) is 30.8. The quantitative estimate of drug-likeness (QED) is 0.425. The second-order valence-corrected chi connectivity index (χ2v) is 34.6. The summed E-state index contributed by atoms with van der Waals surface area (Å²) in [5, 5.41) is 38.0. The van der Waals surface area contributed by atoms with E-state index >= 15 is 0 Å². The molecule has 0 aromatic carbocycles. The van der Waals surface area contributed by atoms with E-state index in [2.05, 4.69) is 44.4 Å². The Labute approximate surface area is 163 Å². The normalized spacial score (nSPS) is 17.2. The molecule has 0 radical (unpaired) electrons. The van der Waals surface area contributed by atoms with Crippen molar-refractivity contribution in [1.82, 2.24) is 0 Å². The van der Waals surface area contributed by atoms with Crippen LogP contribution in [0.5, 0.6) is 0 Å². The Kier molecular flexibility index (Phi) is 10.7. The summed E-state index contributed by atoms with van der Waals surface area (Å²) in [6.07, 6.45) is 7.98. The predicted molar refractivity (Wildman–Crippen MR) is 117 cm³/mol. The predicted octanol–water partition coefficient (Wildman–Crippen LogP) is 6.63. The molecule has 0 bridgehead atoms. The van der Waals surface area contributed by atoms with Crippen molar-refractivity contribution < 1.29 is 29.3 Å². The van der Waals surface area contributed by atoms with Gasteiger partial charge in [0.1, 0.15) is 0 Å². The fraction of sp³-hybridized carbons (Fsp3) is 0.818. The fourth-order valence-electron chi connectivity index (χ4n) is 1.37. The van der Waals surface area contributed by atoms with Crippen LogP contribution in [0.2, 0.25) is 26.1 Å². The summed E-state index contributed by atoms with van der Waals surface area (Å²) in [4.78, 5) is 0. The Morgan fingerprint density at radius 3 is 0.962 bits per heavy atom. The molecule has 0 heterocycles. The van der Waals surface area contributed by atoms with Crippen LogP contribution in [0, 0.1) is 0 Å². The van der Waals surface area contributed by atoms with E-state index in [0.29, 0.717) is 0 Å². The van der Waals surface area contributed by atoms with Crippen LogP contribution in [0.1, 0.15) is 68.7 Å². The van der Waals surface area contributed by atoms with Crippen molar-refractivity contribution in [2.45, 2.75) is 112 Å². The van der Waals surface area contributed by atoms with Crippen LogP contribution >= 0.6 is 0 Å². The summed E-state index contributed by atoms with van der Waals surface area (Å²) in [6, 6.07) is 0. The van der Waals surface area contributed by atoms with Gasteiger partial charge in [-0.1, -0.05) is 0 Å². The number of hydrogen-bond acceptors (Lipinski definition) is 3. The molecule has 4 heteroatoms. The molecule has 0 atom stereocenters. The molecule has 0 saturated heterocycles. The van der Waals surface area contributed by atoms with E-state index in [0.717, 1.165) is 0 Å². The first-order valence-electron chi connectivity index (χ1n) is 9.64. The monoisotopic (exact) mass is 410 g/mol. The van der Waals surface area contributed by atoms with E-state index in [1.807, 2.05) is 0 Å². The molecule has 0 aliphatic heterocycles. The molecule has 0 unspecified atom stereocenters. The van der Waals surface area contributed by atoms with Gasteiger partial charge in [-0.25, -0.2) is 0 Å². The molecule has 0 aromatic heterocycles. The molecule has 0 amide bonds. The van der Waals surface area contributed by atoms with Gasteiger partial charge in [0.05, 0.1) is 16.8 Å². The number of allylic oxidation sites excluding steroid dienone is 4. The summed E-state index contributed by atoms with van der Waals surface area (Å²) >= 11 is -2.61. The molecule has 0 aromatic rings. The Morgan fingerprint density at radius 1 is 0.654 bits per heavy atom. The van der Waals surface area contributed by atoms with E-state index in [4.69, 9.17) is 15.3 Å². The average Bonchev–Trinajstić information content (AvgIpc) is 2.55. The van der Waals surface area contributed by atoms with Gasteiger partial charge in [-0.3, -0.25) is 0 Å². The van der Waals surface area contributed by atoms with Crippen molar-refractivity contribution >= 4 is 0 Å². The maximum absolute atomic E-state index is 8.52. The third-order valence-corrected chi connectivity index (χ3v) is 7.97. The van der Waals surface area contributed by atoms with E-state index < -0.39 is 30.8 Å². The molecule has 3 N–H and O–H groups in total. The van der Waals surface area contributed by atoms with Crippen LogP contribution < -0.4 is 0 Å². The first-order valence-corrected chi connectivity index (χ1v) is 18.2. The second-order valence-electron chi connectivity index (χ2n) is 14.1. The minimum absolute atomic E-state index is 0.500. The van der Waals surface area contributed by atoms with Crippen molar-refractivity contribution in [2.75, 3.05) is 0 Å². The molecule has 160 valence electrons. The zero-order chi connectivity index (χ0) is 22.3. The minimum atomic E-state index is -2.61. The zero-order valence-electron chi connectivity index (χ0n) is 20.3. The number of rotatable bonds is 1. The number of aliphatic hydroxyl groups is 3. The zero-order valence-corrected chi connectivity index (χ0v) is 21.8. The van der Waals surface area contributed by atoms with Crippen LogP contribution in [0.4, 0.5) is 0 Å². The first-order chi connectivity index (χ1) is 10.6. The topological polar surface area (TPSA) is 60.7 Å². The van der Waals surface area contributed by atoms with Gasteiger partial charge < -0.3 is 15.3 Å².